The molecule has 2 N–H and O–H groups in total. The van der Waals surface area contributed by atoms with E-state index in [0.29, 0.717) is 10.4 Å². The molecule has 0 unspecified atom stereocenters. The largest absolute Gasteiger partial charge is 0.415 e. The molecular weight excluding hydrogens is 621 g/mol. The average Bonchev–Trinajstić information content (AvgIpc) is 3.48. The first-order chi connectivity index (χ1) is 16.0. The third-order valence-electron chi connectivity index (χ3n) is 5.03. The number of thiophene rings is 1. The van der Waals surface area contributed by atoms with Crippen molar-refractivity contribution in [1.82, 2.24) is 24.3 Å². The number of hydrogen-bond acceptors (Lipinski definition) is 10. The van der Waals surface area contributed by atoms with Gasteiger partial charge in [0.1, 0.15) is 4.21 Å². The molecule has 0 radical (unpaired) electrons. The maximum atomic E-state index is 13.5. The number of amides is 1. The predicted molar refractivity (Wildman–Crippen MR) is 130 cm³/mol. The lowest BCUT2D eigenvalue weighted by atomic mass is 10.2. The molecule has 1 aromatic carbocycles. The van der Waals surface area contributed by atoms with E-state index in [-0.39, 0.29) is 29.1 Å². The number of carbonyl (C=O) groups is 1. The van der Waals surface area contributed by atoms with Gasteiger partial charge >= 0.3 is 0 Å². The fourth-order valence-corrected chi connectivity index (χ4v) is 8.88. The van der Waals surface area contributed by atoms with Gasteiger partial charge in [-0.25, -0.2) is 22.3 Å². The summed E-state index contributed by atoms with van der Waals surface area (Å²) in [6, 6.07) is 11.9. The van der Waals surface area contributed by atoms with Crippen LogP contribution in [0.4, 0.5) is 0 Å². The molecule has 1 atom stereocenters. The van der Waals surface area contributed by atoms with Gasteiger partial charge in [-0.3, -0.25) is 10.0 Å². The Kier molecular flexibility index (Phi) is 6.84. The first-order valence-corrected chi connectivity index (χ1v) is 14.8. The molecule has 0 bridgehead atoms. The molecule has 0 aliphatic carbocycles. The van der Waals surface area contributed by atoms with Crippen molar-refractivity contribution >= 4 is 59.9 Å². The highest BCUT2D eigenvalue weighted by Gasteiger charge is 2.53. The average molecular weight is 639 g/mol. The Bertz CT molecular complexity index is 1420. The second-order valence-corrected chi connectivity index (χ2v) is 14.2. The summed E-state index contributed by atoms with van der Waals surface area (Å²) in [7, 11) is -7.97. The van der Waals surface area contributed by atoms with E-state index in [4.69, 9.17) is 4.42 Å². The topological polar surface area (TPSA) is 163 Å². The number of hydrogen-bond donors (Lipinski definition) is 2. The summed E-state index contributed by atoms with van der Waals surface area (Å²) in [5.74, 6) is -0.663. The van der Waals surface area contributed by atoms with Gasteiger partial charge in [0, 0.05) is 18.7 Å². The van der Waals surface area contributed by atoms with Crippen LogP contribution in [0.2, 0.25) is 0 Å². The Balaban J connectivity index is 1.66. The maximum absolute atomic E-state index is 13.5. The molecule has 182 valence electrons. The van der Waals surface area contributed by atoms with Crippen LogP contribution in [-0.4, -0.2) is 76.2 Å². The van der Waals surface area contributed by atoms with Gasteiger partial charge in [-0.1, -0.05) is 18.2 Å². The standard InChI is InChI=1S/C18H18IN5O7S3/c1-33(27,28)23-9-10-24(18(19,11-23)17(25)22-26)34(29,30)14-8-7-13(32-14)16-21-20-15(31-16)12-5-3-2-4-6-12/h2-8,26H,9-11H2,1H3,(H,22,25)/t18-/m0/s1. The number of aromatic nitrogens is 2. The third kappa shape index (κ3) is 4.62. The van der Waals surface area contributed by atoms with Crippen LogP contribution in [0.5, 0.6) is 0 Å². The Morgan fingerprint density at radius 2 is 1.79 bits per heavy atom. The number of hydroxylamine groups is 1. The van der Waals surface area contributed by atoms with Gasteiger partial charge in [-0.2, -0.15) is 8.61 Å². The van der Waals surface area contributed by atoms with Crippen LogP contribution in [-0.2, 0) is 24.8 Å². The molecular formula is C18H18IN5O7S3. The van der Waals surface area contributed by atoms with Crippen LogP contribution in [0.1, 0.15) is 0 Å². The van der Waals surface area contributed by atoms with Gasteiger partial charge in [0.25, 0.3) is 21.8 Å². The van der Waals surface area contributed by atoms with Crippen molar-refractivity contribution in [2.45, 2.75) is 7.75 Å². The lowest BCUT2D eigenvalue weighted by Gasteiger charge is -2.43. The van der Waals surface area contributed by atoms with Crippen molar-refractivity contribution in [1.29, 1.82) is 0 Å². The minimum Gasteiger partial charge on any atom is -0.415 e. The fraction of sp³-hybridized carbons (Fsp3) is 0.278. The second kappa shape index (κ2) is 9.25. The first-order valence-electron chi connectivity index (χ1n) is 9.57. The molecule has 0 spiro atoms. The van der Waals surface area contributed by atoms with Gasteiger partial charge in [-0.05, 0) is 46.9 Å². The van der Waals surface area contributed by atoms with E-state index in [2.05, 4.69) is 10.2 Å². The minimum absolute atomic E-state index is 0.110. The predicted octanol–water partition coefficient (Wildman–Crippen LogP) is 1.37. The second-order valence-electron chi connectivity index (χ2n) is 7.27. The number of nitrogens with zero attached hydrogens (tertiary/aromatic N) is 4. The van der Waals surface area contributed by atoms with Crippen molar-refractivity contribution in [3.05, 3.63) is 42.5 Å². The van der Waals surface area contributed by atoms with Crippen LogP contribution in [0.3, 0.4) is 0 Å². The number of benzene rings is 1. The number of piperazine rings is 1. The van der Waals surface area contributed by atoms with E-state index >= 15 is 0 Å². The van der Waals surface area contributed by atoms with Gasteiger partial charge in [-0.15, -0.1) is 21.5 Å². The Morgan fingerprint density at radius 1 is 1.12 bits per heavy atom. The number of alkyl halides is 1. The van der Waals surface area contributed by atoms with Crippen LogP contribution < -0.4 is 5.48 Å². The first kappa shape index (κ1) is 25.1. The fourth-order valence-electron chi connectivity index (χ4n) is 3.34. The van der Waals surface area contributed by atoms with E-state index in [1.54, 1.807) is 34.7 Å². The molecule has 3 heterocycles. The van der Waals surface area contributed by atoms with Crippen molar-refractivity contribution in [3.8, 4) is 22.2 Å². The van der Waals surface area contributed by atoms with Crippen LogP contribution in [0, 0.1) is 0 Å². The van der Waals surface area contributed by atoms with E-state index in [1.165, 1.54) is 17.6 Å². The molecule has 34 heavy (non-hydrogen) atoms. The Hall–Kier alpha value is -1.96. The normalized spacial score (nSPS) is 20.3. The molecule has 1 amide bonds. The molecule has 3 aromatic rings. The number of nitrogens with one attached hydrogen (secondary N) is 1. The van der Waals surface area contributed by atoms with E-state index in [1.807, 2.05) is 18.2 Å². The molecule has 1 saturated heterocycles. The maximum Gasteiger partial charge on any atom is 0.276 e. The highest BCUT2D eigenvalue weighted by Crippen LogP contribution is 2.39. The summed E-state index contributed by atoms with van der Waals surface area (Å²) in [6.45, 7) is -0.915. The third-order valence-corrected chi connectivity index (χ3v) is 11.5. The summed E-state index contributed by atoms with van der Waals surface area (Å²) >= 11 is 2.41. The highest BCUT2D eigenvalue weighted by molar-refractivity contribution is 14.1. The summed E-state index contributed by atoms with van der Waals surface area (Å²) in [6.07, 6.45) is 0.963. The Morgan fingerprint density at radius 3 is 2.44 bits per heavy atom. The summed E-state index contributed by atoms with van der Waals surface area (Å²) in [5.41, 5.74) is 2.15. The van der Waals surface area contributed by atoms with Crippen molar-refractivity contribution in [2.75, 3.05) is 25.9 Å². The molecule has 12 nitrogen and oxygen atoms in total. The number of carbonyl (C=O) groups excluding carboxylic acids is 1. The number of sulfonamides is 2. The summed E-state index contributed by atoms with van der Waals surface area (Å²) in [5, 5.41) is 17.2. The number of halogens is 1. The Labute approximate surface area is 212 Å². The zero-order valence-corrected chi connectivity index (χ0v) is 22.1. The molecule has 1 fully saturated rings. The van der Waals surface area contributed by atoms with E-state index in [0.717, 1.165) is 26.2 Å². The van der Waals surface area contributed by atoms with Crippen molar-refractivity contribution in [3.63, 3.8) is 0 Å². The van der Waals surface area contributed by atoms with Crippen LogP contribution >= 0.6 is 33.9 Å². The van der Waals surface area contributed by atoms with Gasteiger partial charge in [0.05, 0.1) is 17.7 Å². The summed E-state index contributed by atoms with van der Waals surface area (Å²) < 4.78 is 56.5. The SMILES string of the molecule is CS(=O)(=O)N1CCN(S(=O)(=O)c2ccc(-c3nnc(-c4ccccc4)o3)s2)[C@](I)(C(=O)NO)C1. The molecule has 1 aliphatic rings. The zero-order valence-electron chi connectivity index (χ0n) is 17.5. The van der Waals surface area contributed by atoms with Crippen molar-refractivity contribution in [2.24, 2.45) is 0 Å². The smallest absolute Gasteiger partial charge is 0.276 e. The van der Waals surface area contributed by atoms with Crippen LogP contribution in [0.15, 0.2) is 51.1 Å². The van der Waals surface area contributed by atoms with Gasteiger partial charge in [0.15, 0.2) is 3.55 Å². The molecule has 16 heteroatoms. The van der Waals surface area contributed by atoms with E-state index < -0.39 is 36.0 Å². The zero-order chi connectivity index (χ0) is 24.7. The highest BCUT2D eigenvalue weighted by atomic mass is 127. The lowest BCUT2D eigenvalue weighted by molar-refractivity contribution is -0.135. The molecule has 1 aliphatic heterocycles. The van der Waals surface area contributed by atoms with Crippen LogP contribution in [0.25, 0.3) is 22.2 Å². The van der Waals surface area contributed by atoms with Gasteiger partial charge in [0.2, 0.25) is 15.9 Å². The number of rotatable bonds is 6. The van der Waals surface area contributed by atoms with Crippen molar-refractivity contribution < 1.29 is 31.3 Å². The molecule has 4 rings (SSSR count). The monoisotopic (exact) mass is 639 g/mol. The van der Waals surface area contributed by atoms with E-state index in [9.17, 15) is 26.8 Å². The molecule has 0 saturated carbocycles. The van der Waals surface area contributed by atoms with Gasteiger partial charge < -0.3 is 4.42 Å². The quantitative estimate of drug-likeness (QED) is 0.133. The summed E-state index contributed by atoms with van der Waals surface area (Å²) in [4.78, 5) is 12.9. The lowest BCUT2D eigenvalue weighted by Crippen LogP contribution is -2.66. The minimum atomic E-state index is -4.27. The molecule has 2 aromatic heterocycles.